The molecule has 118 valence electrons. The lowest BCUT2D eigenvalue weighted by molar-refractivity contribution is 0.322. The van der Waals surface area contributed by atoms with Crippen LogP contribution in [0.2, 0.25) is 0 Å². The van der Waals surface area contributed by atoms with Crippen molar-refractivity contribution in [3.63, 3.8) is 0 Å². The Morgan fingerprint density at radius 1 is 1.09 bits per heavy atom. The molecular formula is C19H18O3S. The summed E-state index contributed by atoms with van der Waals surface area (Å²) < 4.78 is 11.1. The van der Waals surface area contributed by atoms with Gasteiger partial charge in [-0.3, -0.25) is 4.79 Å². The minimum Gasteiger partial charge on any atom is -0.493 e. The number of thioether (sulfide) groups is 1. The molecule has 0 amide bonds. The van der Waals surface area contributed by atoms with Crippen molar-refractivity contribution in [1.29, 1.82) is 0 Å². The zero-order chi connectivity index (χ0) is 16.1. The largest absolute Gasteiger partial charge is 0.493 e. The molecule has 2 aromatic carbocycles. The van der Waals surface area contributed by atoms with E-state index in [-0.39, 0.29) is 5.43 Å². The van der Waals surface area contributed by atoms with Crippen LogP contribution in [-0.2, 0) is 0 Å². The molecule has 0 saturated heterocycles. The summed E-state index contributed by atoms with van der Waals surface area (Å²) in [6, 6.07) is 15.4. The summed E-state index contributed by atoms with van der Waals surface area (Å²) in [7, 11) is 0. The van der Waals surface area contributed by atoms with E-state index >= 15 is 0 Å². The smallest absolute Gasteiger partial charge is 0.196 e. The van der Waals surface area contributed by atoms with Crippen molar-refractivity contribution < 1.29 is 9.15 Å². The van der Waals surface area contributed by atoms with Gasteiger partial charge >= 0.3 is 0 Å². The lowest BCUT2D eigenvalue weighted by Gasteiger charge is -2.08. The van der Waals surface area contributed by atoms with Crippen LogP contribution in [-0.4, -0.2) is 12.4 Å². The van der Waals surface area contributed by atoms with Crippen molar-refractivity contribution in [1.82, 2.24) is 0 Å². The Labute approximate surface area is 139 Å². The Kier molecular flexibility index (Phi) is 5.03. The average Bonchev–Trinajstić information content (AvgIpc) is 2.56. The minimum atomic E-state index is -0.0733. The van der Waals surface area contributed by atoms with Gasteiger partial charge in [0.1, 0.15) is 16.7 Å². The molecule has 3 nitrogen and oxygen atoms in total. The highest BCUT2D eigenvalue weighted by Crippen LogP contribution is 2.23. The number of rotatable bonds is 6. The number of ether oxygens (including phenoxy) is 1. The summed E-state index contributed by atoms with van der Waals surface area (Å²) >= 11 is 1.81. The van der Waals surface area contributed by atoms with Gasteiger partial charge in [0.25, 0.3) is 0 Å². The SMILES string of the molecule is Cc1ccc(SCCCOc2cccc3occc(=O)c23)cc1. The van der Waals surface area contributed by atoms with Gasteiger partial charge in [0.15, 0.2) is 5.43 Å². The highest BCUT2D eigenvalue weighted by atomic mass is 32.2. The van der Waals surface area contributed by atoms with Gasteiger partial charge < -0.3 is 9.15 Å². The molecule has 0 aliphatic rings. The molecule has 0 atom stereocenters. The highest BCUT2D eigenvalue weighted by Gasteiger charge is 2.07. The van der Waals surface area contributed by atoms with E-state index in [1.807, 2.05) is 23.9 Å². The average molecular weight is 326 g/mol. The van der Waals surface area contributed by atoms with E-state index in [0.717, 1.165) is 12.2 Å². The molecule has 0 saturated carbocycles. The standard InChI is InChI=1S/C19H18O3S/c1-14-6-8-15(9-7-14)23-13-3-11-21-17-4-2-5-18-19(17)16(20)10-12-22-18/h2,4-10,12H,3,11,13H2,1H3. The summed E-state index contributed by atoms with van der Waals surface area (Å²) in [5, 5.41) is 0.515. The molecule has 3 rings (SSSR count). The van der Waals surface area contributed by atoms with E-state index in [9.17, 15) is 4.79 Å². The van der Waals surface area contributed by atoms with Crippen LogP contribution in [0.15, 0.2) is 68.9 Å². The third kappa shape index (κ3) is 3.96. The van der Waals surface area contributed by atoms with Gasteiger partial charge in [0, 0.05) is 16.7 Å². The van der Waals surface area contributed by atoms with Gasteiger partial charge in [0.2, 0.25) is 0 Å². The van der Waals surface area contributed by atoms with Crippen molar-refractivity contribution in [3.8, 4) is 5.75 Å². The van der Waals surface area contributed by atoms with Crippen molar-refractivity contribution in [2.24, 2.45) is 0 Å². The molecule has 0 unspecified atom stereocenters. The predicted octanol–water partition coefficient (Wildman–Crippen LogP) is 4.66. The quantitative estimate of drug-likeness (QED) is 0.488. The first kappa shape index (κ1) is 15.7. The van der Waals surface area contributed by atoms with E-state index < -0.39 is 0 Å². The van der Waals surface area contributed by atoms with Crippen LogP contribution in [0.25, 0.3) is 11.0 Å². The van der Waals surface area contributed by atoms with Crippen LogP contribution < -0.4 is 10.2 Å². The second kappa shape index (κ2) is 7.38. The first-order chi connectivity index (χ1) is 11.2. The van der Waals surface area contributed by atoms with E-state index in [2.05, 4.69) is 31.2 Å². The molecule has 0 radical (unpaired) electrons. The topological polar surface area (TPSA) is 39.4 Å². The monoisotopic (exact) mass is 326 g/mol. The number of benzene rings is 2. The maximum Gasteiger partial charge on any atom is 0.196 e. The van der Waals surface area contributed by atoms with E-state index in [4.69, 9.17) is 9.15 Å². The Morgan fingerprint density at radius 2 is 1.91 bits per heavy atom. The van der Waals surface area contributed by atoms with Gasteiger partial charge in [-0.25, -0.2) is 0 Å². The molecule has 4 heteroatoms. The van der Waals surface area contributed by atoms with E-state index in [0.29, 0.717) is 23.3 Å². The predicted molar refractivity (Wildman–Crippen MR) is 94.5 cm³/mol. The van der Waals surface area contributed by atoms with Crippen molar-refractivity contribution in [2.75, 3.05) is 12.4 Å². The van der Waals surface area contributed by atoms with Crippen LogP contribution in [0.4, 0.5) is 0 Å². The molecule has 0 aliphatic heterocycles. The third-order valence-electron chi connectivity index (χ3n) is 3.48. The van der Waals surface area contributed by atoms with Gasteiger partial charge in [-0.15, -0.1) is 11.8 Å². The fourth-order valence-electron chi connectivity index (χ4n) is 2.29. The van der Waals surface area contributed by atoms with E-state index in [1.54, 1.807) is 6.07 Å². The lowest BCUT2D eigenvalue weighted by Crippen LogP contribution is -2.04. The zero-order valence-corrected chi connectivity index (χ0v) is 13.8. The van der Waals surface area contributed by atoms with Gasteiger partial charge in [-0.1, -0.05) is 23.8 Å². The Balaban J connectivity index is 1.55. The van der Waals surface area contributed by atoms with Crippen LogP contribution in [0.3, 0.4) is 0 Å². The summed E-state index contributed by atoms with van der Waals surface area (Å²) in [4.78, 5) is 13.2. The van der Waals surface area contributed by atoms with Gasteiger partial charge in [0.05, 0.1) is 12.9 Å². The van der Waals surface area contributed by atoms with Crippen molar-refractivity contribution >= 4 is 22.7 Å². The van der Waals surface area contributed by atoms with Crippen molar-refractivity contribution in [2.45, 2.75) is 18.2 Å². The summed E-state index contributed by atoms with van der Waals surface area (Å²) in [6.45, 7) is 2.66. The van der Waals surface area contributed by atoms with Crippen molar-refractivity contribution in [3.05, 3.63) is 70.6 Å². The van der Waals surface area contributed by atoms with Gasteiger partial charge in [-0.05, 0) is 37.6 Å². The van der Waals surface area contributed by atoms with Crippen LogP contribution >= 0.6 is 11.8 Å². The second-order valence-corrected chi connectivity index (χ2v) is 6.45. The minimum absolute atomic E-state index is 0.0733. The lowest BCUT2D eigenvalue weighted by atomic mass is 10.2. The first-order valence-corrected chi connectivity index (χ1v) is 8.55. The fourth-order valence-corrected chi connectivity index (χ4v) is 3.12. The number of fused-ring (bicyclic) bond motifs is 1. The Bertz CT molecular complexity index is 832. The zero-order valence-electron chi connectivity index (χ0n) is 13.0. The molecule has 0 spiro atoms. The normalized spacial score (nSPS) is 10.8. The maximum absolute atomic E-state index is 12.0. The molecule has 3 aromatic rings. The molecule has 0 bridgehead atoms. The molecule has 1 aromatic heterocycles. The first-order valence-electron chi connectivity index (χ1n) is 7.57. The van der Waals surface area contributed by atoms with Gasteiger partial charge in [-0.2, -0.15) is 0 Å². The molecule has 0 N–H and O–H groups in total. The molecule has 23 heavy (non-hydrogen) atoms. The van der Waals surface area contributed by atoms with Crippen LogP contribution in [0, 0.1) is 6.92 Å². The third-order valence-corrected chi connectivity index (χ3v) is 4.58. The summed E-state index contributed by atoms with van der Waals surface area (Å²) in [5.41, 5.74) is 1.76. The highest BCUT2D eigenvalue weighted by molar-refractivity contribution is 7.99. The summed E-state index contributed by atoms with van der Waals surface area (Å²) in [5.74, 6) is 1.57. The van der Waals surface area contributed by atoms with Crippen LogP contribution in [0.1, 0.15) is 12.0 Å². The second-order valence-electron chi connectivity index (χ2n) is 5.28. The molecule has 0 aliphatic carbocycles. The Morgan fingerprint density at radius 3 is 2.74 bits per heavy atom. The summed E-state index contributed by atoms with van der Waals surface area (Å²) in [6.07, 6.45) is 2.32. The fraction of sp³-hybridized carbons (Fsp3) is 0.211. The molecular weight excluding hydrogens is 308 g/mol. The molecule has 0 fully saturated rings. The van der Waals surface area contributed by atoms with E-state index in [1.165, 1.54) is 22.8 Å². The maximum atomic E-state index is 12.0. The number of hydrogen-bond acceptors (Lipinski definition) is 4. The van der Waals surface area contributed by atoms with Crippen LogP contribution in [0.5, 0.6) is 5.75 Å². The molecule has 1 heterocycles. The number of aryl methyl sites for hydroxylation is 1. The number of hydrogen-bond donors (Lipinski definition) is 0. The Hall–Kier alpha value is -2.20.